The molecule has 68 valence electrons. The Kier molecular flexibility index (Phi) is 2.79. The molecule has 1 saturated heterocycles. The van der Waals surface area contributed by atoms with Crippen LogP contribution in [0.2, 0.25) is 0 Å². The quantitative estimate of drug-likeness (QED) is 0.589. The highest BCUT2D eigenvalue weighted by Gasteiger charge is 2.19. The van der Waals surface area contributed by atoms with Crippen LogP contribution in [0.15, 0.2) is 12.2 Å². The van der Waals surface area contributed by atoms with Crippen molar-refractivity contribution >= 4 is 0 Å². The lowest BCUT2D eigenvalue weighted by atomic mass is 10.2. The van der Waals surface area contributed by atoms with Crippen molar-refractivity contribution in [3.8, 4) is 0 Å². The molecular weight excluding hydrogens is 152 g/mol. The van der Waals surface area contributed by atoms with Crippen molar-refractivity contribution in [2.75, 3.05) is 6.61 Å². The maximum Gasteiger partial charge on any atom is 0.157 e. The molecule has 1 aliphatic carbocycles. The summed E-state index contributed by atoms with van der Waals surface area (Å²) in [6.45, 7) is 0.880. The van der Waals surface area contributed by atoms with E-state index in [2.05, 4.69) is 12.2 Å². The van der Waals surface area contributed by atoms with Gasteiger partial charge in [-0.2, -0.15) is 0 Å². The van der Waals surface area contributed by atoms with Crippen molar-refractivity contribution < 1.29 is 9.47 Å². The average Bonchev–Trinajstić information content (AvgIpc) is 2.59. The largest absolute Gasteiger partial charge is 0.353 e. The van der Waals surface area contributed by atoms with Crippen LogP contribution in [-0.4, -0.2) is 19.0 Å². The maximum absolute atomic E-state index is 5.77. The van der Waals surface area contributed by atoms with Gasteiger partial charge in [-0.3, -0.25) is 0 Å². The fourth-order valence-corrected chi connectivity index (χ4v) is 1.74. The van der Waals surface area contributed by atoms with E-state index in [1.54, 1.807) is 0 Å². The molecule has 2 rings (SSSR count). The third kappa shape index (κ3) is 2.08. The molecule has 1 atom stereocenters. The van der Waals surface area contributed by atoms with Crippen molar-refractivity contribution in [1.82, 2.24) is 0 Å². The molecule has 0 saturated carbocycles. The Morgan fingerprint density at radius 3 is 2.67 bits per heavy atom. The van der Waals surface area contributed by atoms with Crippen molar-refractivity contribution in [3.05, 3.63) is 12.2 Å². The summed E-state index contributed by atoms with van der Waals surface area (Å²) >= 11 is 0. The van der Waals surface area contributed by atoms with Gasteiger partial charge in [0.1, 0.15) is 0 Å². The van der Waals surface area contributed by atoms with Crippen LogP contribution in [0.25, 0.3) is 0 Å². The molecule has 2 heteroatoms. The van der Waals surface area contributed by atoms with Gasteiger partial charge in [0.25, 0.3) is 0 Å². The second kappa shape index (κ2) is 4.06. The Hall–Kier alpha value is -0.340. The van der Waals surface area contributed by atoms with E-state index in [9.17, 15) is 0 Å². The van der Waals surface area contributed by atoms with Crippen LogP contribution in [0.3, 0.4) is 0 Å². The Bertz CT molecular complexity index is 151. The molecule has 0 bridgehead atoms. The van der Waals surface area contributed by atoms with Crippen LogP contribution < -0.4 is 0 Å². The van der Waals surface area contributed by atoms with E-state index >= 15 is 0 Å². The van der Waals surface area contributed by atoms with E-state index in [4.69, 9.17) is 9.47 Å². The number of hydrogen-bond donors (Lipinski definition) is 0. The fourth-order valence-electron chi connectivity index (χ4n) is 1.74. The highest BCUT2D eigenvalue weighted by atomic mass is 16.7. The molecule has 0 amide bonds. The molecule has 0 aromatic carbocycles. The zero-order valence-corrected chi connectivity index (χ0v) is 7.37. The van der Waals surface area contributed by atoms with Gasteiger partial charge in [0.15, 0.2) is 6.29 Å². The van der Waals surface area contributed by atoms with Gasteiger partial charge in [-0.05, 0) is 32.1 Å². The smallest absolute Gasteiger partial charge is 0.157 e. The first-order valence-corrected chi connectivity index (χ1v) is 4.87. The third-order valence-corrected chi connectivity index (χ3v) is 2.45. The van der Waals surface area contributed by atoms with E-state index < -0.39 is 0 Å². The molecule has 0 radical (unpaired) electrons. The van der Waals surface area contributed by atoms with Crippen LogP contribution >= 0.6 is 0 Å². The molecule has 1 heterocycles. The highest BCUT2D eigenvalue weighted by Crippen LogP contribution is 2.20. The lowest BCUT2D eigenvalue weighted by molar-refractivity contribution is -0.185. The molecule has 1 fully saturated rings. The minimum atomic E-state index is 0.0867. The van der Waals surface area contributed by atoms with Gasteiger partial charge in [-0.1, -0.05) is 12.2 Å². The molecular formula is C10H16O2. The number of ether oxygens (including phenoxy) is 2. The summed E-state index contributed by atoms with van der Waals surface area (Å²) in [4.78, 5) is 0. The van der Waals surface area contributed by atoms with E-state index in [0.29, 0.717) is 6.10 Å². The predicted octanol–water partition coefficient (Wildman–Crippen LogP) is 2.25. The van der Waals surface area contributed by atoms with Crippen molar-refractivity contribution in [2.45, 2.75) is 44.5 Å². The Labute approximate surface area is 73.5 Å². The van der Waals surface area contributed by atoms with Crippen LogP contribution in [0.1, 0.15) is 32.1 Å². The second-order valence-corrected chi connectivity index (χ2v) is 3.50. The van der Waals surface area contributed by atoms with E-state index in [1.807, 2.05) is 0 Å². The van der Waals surface area contributed by atoms with Gasteiger partial charge in [-0.15, -0.1) is 0 Å². The van der Waals surface area contributed by atoms with Crippen LogP contribution in [0, 0.1) is 0 Å². The van der Waals surface area contributed by atoms with E-state index in [-0.39, 0.29) is 6.29 Å². The Morgan fingerprint density at radius 1 is 1.17 bits per heavy atom. The number of rotatable bonds is 2. The van der Waals surface area contributed by atoms with Crippen molar-refractivity contribution in [2.24, 2.45) is 0 Å². The lowest BCUT2D eigenvalue weighted by Crippen LogP contribution is -2.26. The minimum absolute atomic E-state index is 0.0867. The first kappa shape index (κ1) is 8.27. The summed E-state index contributed by atoms with van der Waals surface area (Å²) in [6.07, 6.45) is 10.5. The molecule has 0 spiro atoms. The van der Waals surface area contributed by atoms with Gasteiger partial charge >= 0.3 is 0 Å². The molecule has 12 heavy (non-hydrogen) atoms. The van der Waals surface area contributed by atoms with Gasteiger partial charge < -0.3 is 9.47 Å². The SMILES string of the molecule is C1=CCC(OC2CCCCO2)C1. The van der Waals surface area contributed by atoms with Crippen LogP contribution in [0.5, 0.6) is 0 Å². The number of hydrogen-bond acceptors (Lipinski definition) is 2. The summed E-state index contributed by atoms with van der Waals surface area (Å²) in [5.74, 6) is 0. The average molecular weight is 168 g/mol. The molecule has 0 aromatic rings. The fraction of sp³-hybridized carbons (Fsp3) is 0.800. The summed E-state index contributed by atoms with van der Waals surface area (Å²) in [7, 11) is 0. The van der Waals surface area contributed by atoms with E-state index in [1.165, 1.54) is 12.8 Å². The van der Waals surface area contributed by atoms with Crippen LogP contribution in [0.4, 0.5) is 0 Å². The highest BCUT2D eigenvalue weighted by molar-refractivity contribution is 4.95. The summed E-state index contributed by atoms with van der Waals surface area (Å²) < 4.78 is 11.3. The van der Waals surface area contributed by atoms with E-state index in [0.717, 1.165) is 25.9 Å². The molecule has 1 unspecified atom stereocenters. The van der Waals surface area contributed by atoms with Gasteiger partial charge in [0.2, 0.25) is 0 Å². The summed E-state index contributed by atoms with van der Waals surface area (Å²) in [5, 5.41) is 0. The standard InChI is InChI=1S/C10H16O2/c1-2-6-9(5-1)12-10-7-3-4-8-11-10/h1-2,9-10H,3-8H2. The Morgan fingerprint density at radius 2 is 2.00 bits per heavy atom. The topological polar surface area (TPSA) is 18.5 Å². The zero-order valence-electron chi connectivity index (χ0n) is 7.37. The molecule has 2 nitrogen and oxygen atoms in total. The lowest BCUT2D eigenvalue weighted by Gasteiger charge is -2.25. The molecule has 0 aromatic heterocycles. The third-order valence-electron chi connectivity index (χ3n) is 2.45. The molecule has 2 aliphatic rings. The predicted molar refractivity (Wildman–Crippen MR) is 46.8 cm³/mol. The summed E-state index contributed by atoms with van der Waals surface area (Å²) in [5.41, 5.74) is 0. The second-order valence-electron chi connectivity index (χ2n) is 3.50. The van der Waals surface area contributed by atoms with Gasteiger partial charge in [0.05, 0.1) is 6.10 Å². The van der Waals surface area contributed by atoms with Gasteiger partial charge in [-0.25, -0.2) is 0 Å². The van der Waals surface area contributed by atoms with Crippen molar-refractivity contribution in [1.29, 1.82) is 0 Å². The van der Waals surface area contributed by atoms with Crippen molar-refractivity contribution in [3.63, 3.8) is 0 Å². The normalized spacial score (nSPS) is 31.2. The minimum Gasteiger partial charge on any atom is -0.353 e. The monoisotopic (exact) mass is 168 g/mol. The maximum atomic E-state index is 5.77. The first-order chi connectivity index (χ1) is 5.95. The zero-order chi connectivity index (χ0) is 8.23. The van der Waals surface area contributed by atoms with Crippen LogP contribution in [-0.2, 0) is 9.47 Å². The summed E-state index contributed by atoms with van der Waals surface area (Å²) in [6, 6.07) is 0. The molecule has 1 aliphatic heterocycles. The van der Waals surface area contributed by atoms with Gasteiger partial charge in [0, 0.05) is 6.61 Å². The Balaban J connectivity index is 1.70. The molecule has 0 N–H and O–H groups in total. The first-order valence-electron chi connectivity index (χ1n) is 4.87.